The first kappa shape index (κ1) is 27.3. The van der Waals surface area contributed by atoms with Crippen LogP contribution in [0.4, 0.5) is 5.69 Å². The number of ether oxygens (including phenoxy) is 1. The van der Waals surface area contributed by atoms with Gasteiger partial charge in [-0.25, -0.2) is 0 Å². The van der Waals surface area contributed by atoms with Gasteiger partial charge in [0.1, 0.15) is 5.75 Å². The molecule has 2 aliphatic carbocycles. The van der Waals surface area contributed by atoms with E-state index in [2.05, 4.69) is 74.6 Å². The third-order valence-corrected chi connectivity index (χ3v) is 8.76. The van der Waals surface area contributed by atoms with Gasteiger partial charge >= 0.3 is 5.97 Å². The van der Waals surface area contributed by atoms with E-state index in [4.69, 9.17) is 4.74 Å². The molecule has 0 saturated heterocycles. The van der Waals surface area contributed by atoms with Crippen LogP contribution in [0, 0.1) is 26.2 Å². The molecule has 0 aromatic heterocycles. The third-order valence-electron chi connectivity index (χ3n) is 8.76. The van der Waals surface area contributed by atoms with E-state index in [9.17, 15) is 15.0 Å². The fraction of sp³-hybridized carbons (Fsp3) is 0.441. The zero-order chi connectivity index (χ0) is 27.9. The second-order valence-corrected chi connectivity index (χ2v) is 12.4. The summed E-state index contributed by atoms with van der Waals surface area (Å²) >= 11 is 0. The molecule has 3 aromatic carbocycles. The second-order valence-electron chi connectivity index (χ2n) is 12.4. The normalized spacial score (nSPS) is 17.2. The summed E-state index contributed by atoms with van der Waals surface area (Å²) in [5, 5.41) is 23.0. The van der Waals surface area contributed by atoms with Gasteiger partial charge in [-0.1, -0.05) is 24.3 Å². The Morgan fingerprint density at radius 2 is 1.79 bits per heavy atom. The number of rotatable bonds is 10. The van der Waals surface area contributed by atoms with E-state index in [1.54, 1.807) is 13.8 Å². The Kier molecular flexibility index (Phi) is 7.23. The Balaban J connectivity index is 1.31. The summed E-state index contributed by atoms with van der Waals surface area (Å²) in [5.41, 5.74) is 10.4. The first-order valence-corrected chi connectivity index (χ1v) is 14.1. The first-order valence-electron chi connectivity index (χ1n) is 14.1. The van der Waals surface area contributed by atoms with Crippen molar-refractivity contribution in [3.05, 3.63) is 81.9 Å². The van der Waals surface area contributed by atoms with Crippen molar-refractivity contribution in [1.29, 1.82) is 0 Å². The van der Waals surface area contributed by atoms with Crippen LogP contribution < -0.4 is 10.1 Å². The molecule has 0 aliphatic heterocycles. The van der Waals surface area contributed by atoms with Crippen LogP contribution in [0.2, 0.25) is 0 Å². The summed E-state index contributed by atoms with van der Waals surface area (Å²) < 4.78 is 5.95. The molecule has 5 nitrogen and oxygen atoms in total. The molecule has 1 saturated carbocycles. The Morgan fingerprint density at radius 1 is 1.08 bits per heavy atom. The van der Waals surface area contributed by atoms with E-state index in [1.165, 1.54) is 44.5 Å². The summed E-state index contributed by atoms with van der Waals surface area (Å²) in [5.74, 6) is 0.293. The molecular formula is C34H41NO4. The number of hydrogen-bond donors (Lipinski definition) is 3. The number of carboxylic acid groups (broad SMARTS) is 1. The summed E-state index contributed by atoms with van der Waals surface area (Å²) in [7, 11) is 0. The van der Waals surface area contributed by atoms with Gasteiger partial charge in [0, 0.05) is 24.6 Å². The minimum absolute atomic E-state index is 0.155. The van der Waals surface area contributed by atoms with Crippen LogP contribution in [0.3, 0.4) is 0 Å². The Hall–Kier alpha value is -3.31. The quantitative estimate of drug-likeness (QED) is 0.257. The minimum atomic E-state index is -0.739. The lowest BCUT2D eigenvalue weighted by Crippen LogP contribution is -2.21. The smallest absolute Gasteiger partial charge is 0.303 e. The van der Waals surface area contributed by atoms with Crippen molar-refractivity contribution in [2.75, 3.05) is 11.9 Å². The van der Waals surface area contributed by atoms with E-state index in [1.807, 2.05) is 0 Å². The number of carbonyl (C=O) groups is 1. The van der Waals surface area contributed by atoms with Crippen LogP contribution >= 0.6 is 0 Å². The first-order chi connectivity index (χ1) is 18.5. The molecule has 0 radical (unpaired) electrons. The summed E-state index contributed by atoms with van der Waals surface area (Å²) in [6.07, 6.45) is 4.09. The van der Waals surface area contributed by atoms with E-state index < -0.39 is 11.6 Å². The molecule has 5 heteroatoms. The summed E-state index contributed by atoms with van der Waals surface area (Å²) in [6, 6.07) is 17.2. The van der Waals surface area contributed by atoms with Gasteiger partial charge in [-0.3, -0.25) is 4.79 Å². The Morgan fingerprint density at radius 3 is 2.44 bits per heavy atom. The van der Waals surface area contributed by atoms with Gasteiger partial charge in [-0.15, -0.1) is 0 Å². The molecule has 2 aliphatic rings. The molecule has 3 N–H and O–H groups in total. The lowest BCUT2D eigenvalue weighted by Gasteiger charge is -2.20. The SMILES string of the molecule is Cc1cc(OCCC(C)(C)O)cc(C)c1-c1cccc(CNc2ccc3c(c2)CC2(CC2)C3CC(=O)O)c1C. The summed E-state index contributed by atoms with van der Waals surface area (Å²) in [6.45, 7) is 11.2. The maximum Gasteiger partial charge on any atom is 0.303 e. The van der Waals surface area contributed by atoms with Crippen LogP contribution in [-0.2, 0) is 17.8 Å². The number of fused-ring (bicyclic) bond motifs is 1. The van der Waals surface area contributed by atoms with E-state index >= 15 is 0 Å². The van der Waals surface area contributed by atoms with Crippen LogP contribution in [0.25, 0.3) is 11.1 Å². The third kappa shape index (κ3) is 5.84. The highest BCUT2D eigenvalue weighted by molar-refractivity contribution is 5.75. The summed E-state index contributed by atoms with van der Waals surface area (Å²) in [4.78, 5) is 11.5. The molecule has 0 bridgehead atoms. The number of hydrogen-bond acceptors (Lipinski definition) is 4. The van der Waals surface area contributed by atoms with Crippen molar-refractivity contribution >= 4 is 11.7 Å². The van der Waals surface area contributed by atoms with Crippen molar-refractivity contribution < 1.29 is 19.7 Å². The minimum Gasteiger partial charge on any atom is -0.493 e. The number of aryl methyl sites for hydroxylation is 2. The molecule has 1 fully saturated rings. The molecule has 206 valence electrons. The average molecular weight is 528 g/mol. The fourth-order valence-electron chi connectivity index (χ4n) is 6.42. The van der Waals surface area contributed by atoms with Crippen molar-refractivity contribution in [2.24, 2.45) is 5.41 Å². The molecule has 3 aromatic rings. The van der Waals surface area contributed by atoms with Gasteiger partial charge in [-0.2, -0.15) is 0 Å². The maximum atomic E-state index is 11.5. The molecule has 5 rings (SSSR count). The fourth-order valence-corrected chi connectivity index (χ4v) is 6.42. The number of aliphatic carboxylic acids is 1. The monoisotopic (exact) mass is 527 g/mol. The molecule has 1 atom stereocenters. The molecule has 0 heterocycles. The Labute approximate surface area is 232 Å². The van der Waals surface area contributed by atoms with Gasteiger partial charge in [0.15, 0.2) is 0 Å². The number of anilines is 1. The van der Waals surface area contributed by atoms with E-state index in [0.717, 1.165) is 37.2 Å². The van der Waals surface area contributed by atoms with Crippen LogP contribution in [0.15, 0.2) is 48.5 Å². The maximum absolute atomic E-state index is 11.5. The zero-order valence-electron chi connectivity index (χ0n) is 23.9. The number of benzene rings is 3. The predicted molar refractivity (Wildman–Crippen MR) is 157 cm³/mol. The number of nitrogens with one attached hydrogen (secondary N) is 1. The van der Waals surface area contributed by atoms with Gasteiger partial charge in [0.2, 0.25) is 0 Å². The molecule has 39 heavy (non-hydrogen) atoms. The van der Waals surface area contributed by atoms with Crippen molar-refractivity contribution in [3.8, 4) is 16.9 Å². The highest BCUT2D eigenvalue weighted by Gasteiger charge is 2.54. The van der Waals surface area contributed by atoms with Crippen molar-refractivity contribution in [2.45, 2.75) is 84.8 Å². The van der Waals surface area contributed by atoms with E-state index in [-0.39, 0.29) is 17.8 Å². The lowest BCUT2D eigenvalue weighted by atomic mass is 9.87. The topological polar surface area (TPSA) is 78.8 Å². The molecule has 1 spiro atoms. The Bertz CT molecular complexity index is 1370. The molecule has 1 unspecified atom stereocenters. The number of carboxylic acids is 1. The lowest BCUT2D eigenvalue weighted by molar-refractivity contribution is -0.137. The standard InChI is InChI=1S/C34H41NO4/c1-21-15-27(39-14-13-33(4,5)38)16-22(2)32(21)28-8-6-7-24(23(28)3)20-35-26-9-10-29-25(17-26)19-34(11-12-34)30(29)18-31(36)37/h6-10,15-17,30,35,38H,11-14,18-20H2,1-5H3,(H,36,37). The van der Waals surface area contributed by atoms with Crippen molar-refractivity contribution in [3.63, 3.8) is 0 Å². The molecular weight excluding hydrogens is 486 g/mol. The van der Waals surface area contributed by atoms with Crippen LogP contribution in [0.1, 0.15) is 78.8 Å². The van der Waals surface area contributed by atoms with Gasteiger partial charge in [0.05, 0.1) is 18.6 Å². The highest BCUT2D eigenvalue weighted by Crippen LogP contribution is 2.64. The van der Waals surface area contributed by atoms with Gasteiger partial charge in [0.25, 0.3) is 0 Å². The highest BCUT2D eigenvalue weighted by atomic mass is 16.5. The second kappa shape index (κ2) is 10.3. The van der Waals surface area contributed by atoms with E-state index in [0.29, 0.717) is 13.0 Å². The number of aliphatic hydroxyl groups is 1. The zero-order valence-corrected chi connectivity index (χ0v) is 23.9. The predicted octanol–water partition coefficient (Wildman–Crippen LogP) is 7.33. The van der Waals surface area contributed by atoms with Crippen molar-refractivity contribution in [1.82, 2.24) is 0 Å². The van der Waals surface area contributed by atoms with Gasteiger partial charge in [-0.05, 0) is 128 Å². The molecule has 0 amide bonds. The van der Waals surface area contributed by atoms with Crippen LogP contribution in [-0.4, -0.2) is 28.4 Å². The van der Waals surface area contributed by atoms with Crippen LogP contribution in [0.5, 0.6) is 5.75 Å². The van der Waals surface area contributed by atoms with Gasteiger partial charge < -0.3 is 20.3 Å². The average Bonchev–Trinajstić information content (AvgIpc) is 3.55. The largest absolute Gasteiger partial charge is 0.493 e.